The summed E-state index contributed by atoms with van der Waals surface area (Å²) >= 11 is 0. The van der Waals surface area contributed by atoms with Crippen molar-refractivity contribution in [1.82, 2.24) is 0 Å². The van der Waals surface area contributed by atoms with Gasteiger partial charge in [-0.25, -0.2) is 0 Å². The van der Waals surface area contributed by atoms with Crippen molar-refractivity contribution >= 4 is 28.4 Å². The van der Waals surface area contributed by atoms with Gasteiger partial charge in [-0.15, -0.1) is 0 Å². The smallest absolute Gasteiger partial charge is 0.136 e. The van der Waals surface area contributed by atoms with Gasteiger partial charge in [0.25, 0.3) is 0 Å². The topological polar surface area (TPSA) is 25.2 Å². The van der Waals surface area contributed by atoms with E-state index in [0.717, 1.165) is 33.7 Å². The largest absolute Gasteiger partial charge is 0.456 e. The Bertz CT molecular complexity index is 1100. The maximum absolute atomic E-state index is 5.95. The predicted molar refractivity (Wildman–Crippen MR) is 115 cm³/mol. The van der Waals surface area contributed by atoms with E-state index in [0.29, 0.717) is 0 Å². The van der Waals surface area contributed by atoms with Crippen molar-refractivity contribution in [3.63, 3.8) is 0 Å². The highest BCUT2D eigenvalue weighted by molar-refractivity contribution is 5.97. The first-order chi connectivity index (χ1) is 13.3. The molecule has 1 aromatic heterocycles. The third-order valence-corrected chi connectivity index (χ3v) is 4.64. The zero-order valence-electron chi connectivity index (χ0n) is 15.3. The monoisotopic (exact) mass is 351 g/mol. The normalized spacial score (nSPS) is 11.5. The van der Waals surface area contributed by atoms with E-state index in [1.807, 2.05) is 31.2 Å². The zero-order chi connectivity index (χ0) is 18.6. The molecule has 0 saturated carbocycles. The fourth-order valence-electron chi connectivity index (χ4n) is 3.30. The molecule has 0 spiro atoms. The molecule has 0 unspecified atom stereocenters. The molecule has 3 aromatic carbocycles. The predicted octanol–water partition coefficient (Wildman–Crippen LogP) is 7.22. The SMILES string of the molecule is C=Cc1oc2ccccc2c1/C(=C\C)Nc1ccc(-c2ccccc2)cc1. The highest BCUT2D eigenvalue weighted by Crippen LogP contribution is 2.33. The fourth-order valence-corrected chi connectivity index (χ4v) is 3.30. The zero-order valence-corrected chi connectivity index (χ0v) is 15.3. The molecule has 4 aromatic rings. The van der Waals surface area contributed by atoms with Gasteiger partial charge in [0, 0.05) is 16.8 Å². The quantitative estimate of drug-likeness (QED) is 0.411. The lowest BCUT2D eigenvalue weighted by Crippen LogP contribution is -1.99. The van der Waals surface area contributed by atoms with Gasteiger partial charge in [-0.05, 0) is 42.3 Å². The lowest BCUT2D eigenvalue weighted by atomic mass is 10.0. The molecule has 2 nitrogen and oxygen atoms in total. The third-order valence-electron chi connectivity index (χ3n) is 4.64. The molecule has 0 radical (unpaired) electrons. The van der Waals surface area contributed by atoms with Crippen LogP contribution in [0.25, 0.3) is 33.9 Å². The van der Waals surface area contributed by atoms with E-state index in [1.54, 1.807) is 6.08 Å². The van der Waals surface area contributed by atoms with E-state index < -0.39 is 0 Å². The summed E-state index contributed by atoms with van der Waals surface area (Å²) in [6, 6.07) is 26.9. The van der Waals surface area contributed by atoms with Gasteiger partial charge in [-0.1, -0.05) is 73.3 Å². The number of para-hydroxylation sites is 1. The lowest BCUT2D eigenvalue weighted by Gasteiger charge is -2.12. The second kappa shape index (κ2) is 7.38. The van der Waals surface area contributed by atoms with Gasteiger partial charge >= 0.3 is 0 Å². The number of allylic oxidation sites excluding steroid dienone is 1. The highest BCUT2D eigenvalue weighted by Gasteiger charge is 2.15. The summed E-state index contributed by atoms with van der Waals surface area (Å²) in [5, 5.41) is 4.61. The summed E-state index contributed by atoms with van der Waals surface area (Å²) < 4.78 is 5.95. The molecule has 0 saturated heterocycles. The van der Waals surface area contributed by atoms with E-state index in [4.69, 9.17) is 4.42 Å². The molecule has 0 aliphatic carbocycles. The van der Waals surface area contributed by atoms with E-state index in [2.05, 4.69) is 72.6 Å². The Morgan fingerprint density at radius 2 is 1.52 bits per heavy atom. The van der Waals surface area contributed by atoms with Crippen molar-refractivity contribution in [1.29, 1.82) is 0 Å². The Balaban J connectivity index is 1.67. The second-order valence-corrected chi connectivity index (χ2v) is 6.31. The molecule has 2 heteroatoms. The minimum absolute atomic E-state index is 0.776. The van der Waals surface area contributed by atoms with Gasteiger partial charge in [-0.2, -0.15) is 0 Å². The van der Waals surface area contributed by atoms with E-state index in [-0.39, 0.29) is 0 Å². The lowest BCUT2D eigenvalue weighted by molar-refractivity contribution is 0.603. The standard InChI is InChI=1S/C25H21NO/c1-3-22(25-21-12-8-9-13-24(21)27-23(25)4-2)26-20-16-14-19(15-17-20)18-10-6-5-7-11-18/h3-17,26H,2H2,1H3/b22-3+. The van der Waals surface area contributed by atoms with Crippen LogP contribution in [0, 0.1) is 0 Å². The van der Waals surface area contributed by atoms with Crippen LogP contribution >= 0.6 is 0 Å². The van der Waals surface area contributed by atoms with Crippen LogP contribution in [0.5, 0.6) is 0 Å². The molecule has 0 aliphatic rings. The van der Waals surface area contributed by atoms with Crippen LogP contribution in [0.4, 0.5) is 5.69 Å². The van der Waals surface area contributed by atoms with Crippen LogP contribution in [0.3, 0.4) is 0 Å². The Hall–Kier alpha value is -3.52. The number of furan rings is 1. The molecular formula is C25H21NO. The molecule has 27 heavy (non-hydrogen) atoms. The first-order valence-electron chi connectivity index (χ1n) is 9.03. The van der Waals surface area contributed by atoms with Crippen LogP contribution in [-0.2, 0) is 0 Å². The van der Waals surface area contributed by atoms with Gasteiger partial charge in [-0.3, -0.25) is 0 Å². The Morgan fingerprint density at radius 1 is 0.852 bits per heavy atom. The van der Waals surface area contributed by atoms with E-state index >= 15 is 0 Å². The number of hydrogen-bond acceptors (Lipinski definition) is 2. The van der Waals surface area contributed by atoms with Gasteiger partial charge in [0.1, 0.15) is 11.3 Å². The van der Waals surface area contributed by atoms with Gasteiger partial charge < -0.3 is 9.73 Å². The summed E-state index contributed by atoms with van der Waals surface area (Å²) in [5.74, 6) is 0.776. The van der Waals surface area contributed by atoms with E-state index in [9.17, 15) is 0 Å². The van der Waals surface area contributed by atoms with Crippen LogP contribution in [0.2, 0.25) is 0 Å². The number of rotatable bonds is 5. The van der Waals surface area contributed by atoms with Crippen molar-refractivity contribution in [3.8, 4) is 11.1 Å². The molecule has 1 heterocycles. The van der Waals surface area contributed by atoms with Crippen LogP contribution in [0.15, 0.2) is 95.9 Å². The van der Waals surface area contributed by atoms with Crippen molar-refractivity contribution in [2.45, 2.75) is 6.92 Å². The average Bonchev–Trinajstić information content (AvgIpc) is 3.12. The molecular weight excluding hydrogens is 330 g/mol. The molecule has 0 atom stereocenters. The molecule has 0 fully saturated rings. The summed E-state index contributed by atoms with van der Waals surface area (Å²) in [5.41, 5.74) is 6.34. The minimum atomic E-state index is 0.776. The van der Waals surface area contributed by atoms with Gasteiger partial charge in [0.05, 0.1) is 5.56 Å². The maximum Gasteiger partial charge on any atom is 0.136 e. The minimum Gasteiger partial charge on any atom is -0.456 e. The third kappa shape index (κ3) is 3.30. The number of anilines is 1. The summed E-state index contributed by atoms with van der Waals surface area (Å²) in [7, 11) is 0. The van der Waals surface area contributed by atoms with Crippen molar-refractivity contribution < 1.29 is 4.42 Å². The molecule has 132 valence electrons. The Kier molecular flexibility index (Phi) is 4.63. The van der Waals surface area contributed by atoms with Crippen LogP contribution in [-0.4, -0.2) is 0 Å². The molecule has 0 amide bonds. The van der Waals surface area contributed by atoms with Crippen LogP contribution < -0.4 is 5.32 Å². The highest BCUT2D eigenvalue weighted by atomic mass is 16.3. The average molecular weight is 351 g/mol. The summed E-state index contributed by atoms with van der Waals surface area (Å²) in [6.45, 7) is 5.93. The molecule has 0 bridgehead atoms. The number of fused-ring (bicyclic) bond motifs is 1. The number of benzene rings is 3. The maximum atomic E-state index is 5.95. The molecule has 4 rings (SSSR count). The van der Waals surface area contributed by atoms with Crippen molar-refractivity contribution in [2.75, 3.05) is 5.32 Å². The summed E-state index contributed by atoms with van der Waals surface area (Å²) in [6.07, 6.45) is 3.83. The molecule has 1 N–H and O–H groups in total. The van der Waals surface area contributed by atoms with Gasteiger partial charge in [0.2, 0.25) is 0 Å². The Morgan fingerprint density at radius 3 is 2.22 bits per heavy atom. The molecule has 0 aliphatic heterocycles. The number of nitrogens with one attached hydrogen (secondary N) is 1. The summed E-state index contributed by atoms with van der Waals surface area (Å²) in [4.78, 5) is 0. The van der Waals surface area contributed by atoms with Crippen LogP contribution in [0.1, 0.15) is 18.2 Å². The number of hydrogen-bond donors (Lipinski definition) is 1. The van der Waals surface area contributed by atoms with Gasteiger partial charge in [0.15, 0.2) is 0 Å². The Labute approximate surface area is 159 Å². The van der Waals surface area contributed by atoms with Crippen molar-refractivity contribution in [2.24, 2.45) is 0 Å². The fraction of sp³-hybridized carbons (Fsp3) is 0.0400. The second-order valence-electron chi connectivity index (χ2n) is 6.31. The first kappa shape index (κ1) is 16.9. The first-order valence-corrected chi connectivity index (χ1v) is 9.03. The van der Waals surface area contributed by atoms with Crippen molar-refractivity contribution in [3.05, 3.63) is 103 Å². The van der Waals surface area contributed by atoms with E-state index in [1.165, 1.54) is 11.1 Å².